The summed E-state index contributed by atoms with van der Waals surface area (Å²) in [4.78, 5) is 3.42. The molecule has 0 saturated heterocycles. The number of benzene rings is 1. The highest BCUT2D eigenvalue weighted by molar-refractivity contribution is 5.41. The molecule has 21 heavy (non-hydrogen) atoms. The van der Waals surface area contributed by atoms with Crippen LogP contribution >= 0.6 is 0 Å². The zero-order valence-corrected chi connectivity index (χ0v) is 11.7. The third kappa shape index (κ3) is 4.48. The molecule has 0 bridgehead atoms. The van der Waals surface area contributed by atoms with E-state index in [1.165, 1.54) is 17.8 Å². The number of anilines is 1. The second-order valence-electron chi connectivity index (χ2n) is 4.96. The largest absolute Gasteiger partial charge is 0.433 e. The van der Waals surface area contributed by atoms with Crippen molar-refractivity contribution in [3.8, 4) is 0 Å². The predicted molar refractivity (Wildman–Crippen MR) is 77.2 cm³/mol. The van der Waals surface area contributed by atoms with Crippen LogP contribution in [0.3, 0.4) is 0 Å². The van der Waals surface area contributed by atoms with Gasteiger partial charge >= 0.3 is 6.18 Å². The first-order valence-electron chi connectivity index (χ1n) is 6.79. The van der Waals surface area contributed by atoms with Gasteiger partial charge in [0, 0.05) is 6.54 Å². The Morgan fingerprint density at radius 1 is 1.10 bits per heavy atom. The van der Waals surface area contributed by atoms with Gasteiger partial charge in [0.1, 0.15) is 5.69 Å². The van der Waals surface area contributed by atoms with Crippen LogP contribution in [0.2, 0.25) is 0 Å². The normalized spacial score (nSPS) is 13.0. The van der Waals surface area contributed by atoms with Crippen molar-refractivity contribution in [1.29, 1.82) is 0 Å². The summed E-state index contributed by atoms with van der Waals surface area (Å²) in [5, 5.41) is 3.09. The van der Waals surface area contributed by atoms with Crippen molar-refractivity contribution in [2.24, 2.45) is 0 Å². The lowest BCUT2D eigenvalue weighted by Crippen LogP contribution is -2.09. The van der Waals surface area contributed by atoms with Gasteiger partial charge in [0.15, 0.2) is 0 Å². The maximum absolute atomic E-state index is 12.4. The Balaban J connectivity index is 1.84. The molecule has 0 saturated carbocycles. The molecule has 112 valence electrons. The van der Waals surface area contributed by atoms with Crippen LogP contribution in [0.4, 0.5) is 18.9 Å². The molecule has 0 aliphatic rings. The maximum atomic E-state index is 12.4. The second kappa shape index (κ2) is 6.61. The summed E-state index contributed by atoms with van der Waals surface area (Å²) in [7, 11) is 0. The van der Waals surface area contributed by atoms with Crippen LogP contribution in [-0.4, -0.2) is 11.5 Å². The smallest absolute Gasteiger partial charge is 0.384 e. The molecule has 0 radical (unpaired) electrons. The molecule has 0 amide bonds. The van der Waals surface area contributed by atoms with Crippen molar-refractivity contribution in [2.75, 3.05) is 11.9 Å². The fourth-order valence-corrected chi connectivity index (χ4v) is 2.05. The lowest BCUT2D eigenvalue weighted by atomic mass is 9.98. The Bertz CT molecular complexity index is 550. The van der Waals surface area contributed by atoms with Gasteiger partial charge in [0.25, 0.3) is 0 Å². The Kier molecular flexibility index (Phi) is 4.83. The van der Waals surface area contributed by atoms with E-state index in [0.29, 0.717) is 18.2 Å². The zero-order chi connectivity index (χ0) is 15.3. The molecule has 1 unspecified atom stereocenters. The van der Waals surface area contributed by atoms with E-state index in [4.69, 9.17) is 0 Å². The molecule has 1 heterocycles. The molecule has 0 aliphatic heterocycles. The average Bonchev–Trinajstić information content (AvgIpc) is 2.47. The third-order valence-corrected chi connectivity index (χ3v) is 3.33. The fraction of sp³-hybridized carbons (Fsp3) is 0.312. The molecule has 1 atom stereocenters. The van der Waals surface area contributed by atoms with Gasteiger partial charge in [-0.25, -0.2) is 4.98 Å². The second-order valence-corrected chi connectivity index (χ2v) is 4.96. The van der Waals surface area contributed by atoms with Crippen molar-refractivity contribution < 1.29 is 13.2 Å². The first-order chi connectivity index (χ1) is 9.97. The molecular weight excluding hydrogens is 277 g/mol. The quantitative estimate of drug-likeness (QED) is 0.864. The minimum absolute atomic E-state index is 0.390. The van der Waals surface area contributed by atoms with Crippen LogP contribution in [0, 0.1) is 0 Å². The van der Waals surface area contributed by atoms with Crippen LogP contribution in [-0.2, 0) is 6.18 Å². The van der Waals surface area contributed by atoms with E-state index >= 15 is 0 Å². The molecule has 0 aliphatic carbocycles. The third-order valence-electron chi connectivity index (χ3n) is 3.33. The molecule has 0 spiro atoms. The topological polar surface area (TPSA) is 24.9 Å². The summed E-state index contributed by atoms with van der Waals surface area (Å²) in [5.41, 5.74) is 0.985. The fourth-order valence-electron chi connectivity index (χ4n) is 2.05. The van der Waals surface area contributed by atoms with Gasteiger partial charge in [-0.1, -0.05) is 37.3 Å². The minimum Gasteiger partial charge on any atom is -0.384 e. The van der Waals surface area contributed by atoms with Crippen molar-refractivity contribution in [2.45, 2.75) is 25.4 Å². The number of aromatic nitrogens is 1. The molecule has 5 heteroatoms. The molecule has 1 aromatic carbocycles. The molecule has 0 fully saturated rings. The summed E-state index contributed by atoms with van der Waals surface area (Å²) in [5.74, 6) is 0.390. The van der Waals surface area contributed by atoms with Gasteiger partial charge < -0.3 is 5.32 Å². The number of hydrogen-bond donors (Lipinski definition) is 1. The van der Waals surface area contributed by atoms with E-state index in [0.717, 1.165) is 12.5 Å². The van der Waals surface area contributed by atoms with Crippen molar-refractivity contribution in [1.82, 2.24) is 4.98 Å². The maximum Gasteiger partial charge on any atom is 0.433 e. The highest BCUT2D eigenvalue weighted by Crippen LogP contribution is 2.27. The number of nitrogens with zero attached hydrogens (tertiary/aromatic N) is 1. The number of alkyl halides is 3. The first-order valence-corrected chi connectivity index (χ1v) is 6.79. The molecular formula is C16H17F3N2. The van der Waals surface area contributed by atoms with Crippen LogP contribution in [0.25, 0.3) is 0 Å². The predicted octanol–water partition coefficient (Wildman–Crippen LogP) is 4.71. The lowest BCUT2D eigenvalue weighted by molar-refractivity contribution is -0.141. The van der Waals surface area contributed by atoms with Gasteiger partial charge in [0.05, 0.1) is 11.9 Å². The zero-order valence-electron chi connectivity index (χ0n) is 11.7. The number of rotatable bonds is 5. The summed E-state index contributed by atoms with van der Waals surface area (Å²) in [6.45, 7) is 2.81. The Hall–Kier alpha value is -2.04. The summed E-state index contributed by atoms with van der Waals surface area (Å²) < 4.78 is 37.1. The van der Waals surface area contributed by atoms with Crippen molar-refractivity contribution in [3.05, 3.63) is 59.9 Å². The number of nitrogens with one attached hydrogen (secondary N) is 1. The van der Waals surface area contributed by atoms with Gasteiger partial charge in [-0.2, -0.15) is 13.2 Å². The standard InChI is InChI=1S/C16H17F3N2/c1-12(13-5-3-2-4-6-13)9-10-20-14-7-8-15(21-11-14)16(17,18)19/h2-8,11-12,20H,9-10H2,1H3. The first kappa shape index (κ1) is 15.4. The van der Waals surface area contributed by atoms with Crippen molar-refractivity contribution >= 4 is 5.69 Å². The molecule has 1 N–H and O–H groups in total. The van der Waals surface area contributed by atoms with Crippen LogP contribution < -0.4 is 5.32 Å². The van der Waals surface area contributed by atoms with E-state index in [1.54, 1.807) is 0 Å². The summed E-state index contributed by atoms with van der Waals surface area (Å²) in [6.07, 6.45) is -2.28. The summed E-state index contributed by atoms with van der Waals surface area (Å²) >= 11 is 0. The number of halogens is 3. The van der Waals surface area contributed by atoms with E-state index in [9.17, 15) is 13.2 Å². The monoisotopic (exact) mass is 294 g/mol. The van der Waals surface area contributed by atoms with Gasteiger partial charge in [0.2, 0.25) is 0 Å². The highest BCUT2D eigenvalue weighted by Gasteiger charge is 2.31. The number of hydrogen-bond acceptors (Lipinski definition) is 2. The Labute approximate surface area is 122 Å². The van der Waals surface area contributed by atoms with E-state index in [2.05, 4.69) is 29.4 Å². The molecule has 2 nitrogen and oxygen atoms in total. The Morgan fingerprint density at radius 2 is 1.81 bits per heavy atom. The van der Waals surface area contributed by atoms with Gasteiger partial charge in [-0.05, 0) is 30.0 Å². The summed E-state index contributed by atoms with van der Waals surface area (Å²) in [6, 6.07) is 12.5. The van der Waals surface area contributed by atoms with E-state index in [-0.39, 0.29) is 0 Å². The average molecular weight is 294 g/mol. The van der Waals surface area contributed by atoms with E-state index in [1.807, 2.05) is 18.2 Å². The number of pyridine rings is 1. The van der Waals surface area contributed by atoms with E-state index < -0.39 is 11.9 Å². The molecule has 2 aromatic rings. The van der Waals surface area contributed by atoms with Crippen LogP contribution in [0.5, 0.6) is 0 Å². The van der Waals surface area contributed by atoms with Gasteiger partial charge in [-0.15, -0.1) is 0 Å². The SMILES string of the molecule is CC(CCNc1ccc(C(F)(F)F)nc1)c1ccccc1. The highest BCUT2D eigenvalue weighted by atomic mass is 19.4. The Morgan fingerprint density at radius 3 is 2.38 bits per heavy atom. The van der Waals surface area contributed by atoms with Crippen LogP contribution in [0.15, 0.2) is 48.7 Å². The van der Waals surface area contributed by atoms with Gasteiger partial charge in [-0.3, -0.25) is 0 Å². The van der Waals surface area contributed by atoms with Crippen molar-refractivity contribution in [3.63, 3.8) is 0 Å². The minimum atomic E-state index is -4.39. The lowest BCUT2D eigenvalue weighted by Gasteiger charge is -2.13. The molecule has 1 aromatic heterocycles. The van der Waals surface area contributed by atoms with Crippen LogP contribution in [0.1, 0.15) is 30.5 Å². The molecule has 2 rings (SSSR count).